The summed E-state index contributed by atoms with van der Waals surface area (Å²) >= 11 is 5.91. The first kappa shape index (κ1) is 21.4. The largest absolute Gasteiger partial charge is 0.452 e. The van der Waals surface area contributed by atoms with Crippen LogP contribution in [-0.4, -0.2) is 39.1 Å². The monoisotopic (exact) mass is 424 g/mol. The van der Waals surface area contributed by atoms with Crippen molar-refractivity contribution in [1.29, 1.82) is 0 Å². The average Bonchev–Trinajstić information content (AvgIpc) is 2.60. The minimum atomic E-state index is -3.53. The van der Waals surface area contributed by atoms with Crippen LogP contribution in [0.25, 0.3) is 0 Å². The maximum absolute atomic E-state index is 12.1. The van der Waals surface area contributed by atoms with Gasteiger partial charge in [0, 0.05) is 24.6 Å². The van der Waals surface area contributed by atoms with Crippen molar-refractivity contribution < 1.29 is 27.5 Å². The number of ether oxygens (including phenoxy) is 1. The van der Waals surface area contributed by atoms with Gasteiger partial charge in [-0.15, -0.1) is 0 Å². The second-order valence-corrected chi connectivity index (χ2v) is 8.22. The van der Waals surface area contributed by atoms with Gasteiger partial charge in [0.15, 0.2) is 16.4 Å². The van der Waals surface area contributed by atoms with Crippen LogP contribution in [0, 0.1) is 0 Å². The van der Waals surface area contributed by atoms with E-state index in [0.717, 1.165) is 12.3 Å². The Balaban J connectivity index is 1.97. The summed E-state index contributed by atoms with van der Waals surface area (Å²) in [5, 5.41) is 5.12. The molecule has 0 atom stereocenters. The fraction of sp³-hybridized carbons (Fsp3) is 0.167. The zero-order chi connectivity index (χ0) is 20.9. The van der Waals surface area contributed by atoms with Crippen LogP contribution in [-0.2, 0) is 24.2 Å². The molecule has 8 nitrogen and oxygen atoms in total. The van der Waals surface area contributed by atoms with Crippen LogP contribution in [0.3, 0.4) is 0 Å². The Morgan fingerprint density at radius 3 is 2.11 bits per heavy atom. The van der Waals surface area contributed by atoms with Crippen molar-refractivity contribution in [2.24, 2.45) is 0 Å². The van der Waals surface area contributed by atoms with Crippen LogP contribution in [0.1, 0.15) is 17.3 Å². The van der Waals surface area contributed by atoms with Gasteiger partial charge in [-0.05, 0) is 42.5 Å². The third-order valence-corrected chi connectivity index (χ3v) is 4.85. The number of esters is 1. The Morgan fingerprint density at radius 1 is 1.00 bits per heavy atom. The van der Waals surface area contributed by atoms with Gasteiger partial charge in [-0.1, -0.05) is 11.6 Å². The lowest BCUT2D eigenvalue weighted by Crippen LogP contribution is -2.21. The number of halogens is 1. The lowest BCUT2D eigenvalue weighted by Gasteiger charge is -2.09. The highest BCUT2D eigenvalue weighted by atomic mass is 35.5. The Hall–Kier alpha value is -2.91. The van der Waals surface area contributed by atoms with E-state index >= 15 is 0 Å². The Morgan fingerprint density at radius 2 is 1.57 bits per heavy atom. The van der Waals surface area contributed by atoms with Crippen molar-refractivity contribution in [2.45, 2.75) is 11.8 Å². The van der Waals surface area contributed by atoms with Crippen LogP contribution in [0.15, 0.2) is 47.4 Å². The molecule has 28 heavy (non-hydrogen) atoms. The summed E-state index contributed by atoms with van der Waals surface area (Å²) in [5.74, 6) is -1.75. The summed E-state index contributed by atoms with van der Waals surface area (Å²) in [6.07, 6.45) is 0.996. The number of benzene rings is 2. The predicted octanol–water partition coefficient (Wildman–Crippen LogP) is 2.50. The maximum atomic E-state index is 12.1. The van der Waals surface area contributed by atoms with Crippen LogP contribution in [0.2, 0.25) is 5.02 Å². The van der Waals surface area contributed by atoms with Crippen molar-refractivity contribution in [3.8, 4) is 0 Å². The minimum absolute atomic E-state index is 0.00590. The van der Waals surface area contributed by atoms with E-state index < -0.39 is 28.3 Å². The smallest absolute Gasteiger partial charge is 0.340 e. The van der Waals surface area contributed by atoms with Crippen molar-refractivity contribution in [3.63, 3.8) is 0 Å². The number of sulfone groups is 1. The lowest BCUT2D eigenvalue weighted by molar-refractivity contribution is -0.119. The number of amides is 2. The molecule has 0 aromatic heterocycles. The van der Waals surface area contributed by atoms with Gasteiger partial charge < -0.3 is 15.4 Å². The van der Waals surface area contributed by atoms with E-state index in [-0.39, 0.29) is 21.4 Å². The molecule has 0 spiro atoms. The van der Waals surface area contributed by atoms with Crippen LogP contribution in [0.4, 0.5) is 11.4 Å². The standard InChI is InChI=1S/C18H17ClN2O6S/c1-11(22)20-12-3-5-13(6-4-12)21-17(23)10-27-18(24)15-9-14(28(2,25)26)7-8-16(15)19/h3-9H,10H2,1-2H3,(H,20,22)(H,21,23). The molecule has 0 aliphatic rings. The van der Waals surface area contributed by atoms with Crippen molar-refractivity contribution in [1.82, 2.24) is 0 Å². The number of carbonyl (C=O) groups is 3. The van der Waals surface area contributed by atoms with Crippen molar-refractivity contribution >= 4 is 50.6 Å². The summed E-state index contributed by atoms with van der Waals surface area (Å²) in [6, 6.07) is 9.96. The van der Waals surface area contributed by atoms with Crippen LogP contribution >= 0.6 is 11.6 Å². The summed E-state index contributed by atoms with van der Waals surface area (Å²) in [5.41, 5.74) is 0.849. The summed E-state index contributed by atoms with van der Waals surface area (Å²) in [4.78, 5) is 34.9. The highest BCUT2D eigenvalue weighted by Gasteiger charge is 2.17. The molecule has 2 amide bonds. The molecule has 0 fully saturated rings. The van der Waals surface area contributed by atoms with E-state index in [1.54, 1.807) is 24.3 Å². The fourth-order valence-electron chi connectivity index (χ4n) is 2.14. The molecule has 0 saturated carbocycles. The van der Waals surface area contributed by atoms with E-state index in [0.29, 0.717) is 11.4 Å². The van der Waals surface area contributed by atoms with Crippen molar-refractivity contribution in [2.75, 3.05) is 23.5 Å². The molecule has 0 heterocycles. The van der Waals surface area contributed by atoms with E-state index in [1.165, 1.54) is 19.1 Å². The molecule has 2 N–H and O–H groups in total. The van der Waals surface area contributed by atoms with E-state index in [4.69, 9.17) is 16.3 Å². The van der Waals surface area contributed by atoms with Gasteiger partial charge in [-0.3, -0.25) is 9.59 Å². The molecule has 10 heteroatoms. The zero-order valence-corrected chi connectivity index (χ0v) is 16.6. The van der Waals surface area contributed by atoms with Gasteiger partial charge in [-0.25, -0.2) is 13.2 Å². The highest BCUT2D eigenvalue weighted by molar-refractivity contribution is 7.90. The Kier molecular flexibility index (Phi) is 6.76. The molecule has 0 aliphatic heterocycles. The topological polar surface area (TPSA) is 119 Å². The Labute approximate surface area is 166 Å². The second kappa shape index (κ2) is 8.85. The third-order valence-electron chi connectivity index (χ3n) is 3.41. The molecule has 148 valence electrons. The molecule has 2 rings (SSSR count). The first-order valence-corrected chi connectivity index (χ1v) is 10.2. The van der Waals surface area contributed by atoms with Gasteiger partial charge in [0.25, 0.3) is 5.91 Å². The van der Waals surface area contributed by atoms with E-state index in [1.807, 2.05) is 0 Å². The average molecular weight is 425 g/mol. The van der Waals surface area contributed by atoms with Crippen LogP contribution in [0.5, 0.6) is 0 Å². The van der Waals surface area contributed by atoms with E-state index in [9.17, 15) is 22.8 Å². The summed E-state index contributed by atoms with van der Waals surface area (Å²) < 4.78 is 28.1. The molecule has 2 aromatic carbocycles. The van der Waals surface area contributed by atoms with Gasteiger partial charge in [-0.2, -0.15) is 0 Å². The molecule has 0 aliphatic carbocycles. The van der Waals surface area contributed by atoms with Gasteiger partial charge in [0.05, 0.1) is 15.5 Å². The summed E-state index contributed by atoms with van der Waals surface area (Å²) in [6.45, 7) is 0.785. The van der Waals surface area contributed by atoms with Gasteiger partial charge in [0.2, 0.25) is 5.91 Å². The third kappa shape index (κ3) is 6.07. The molecular weight excluding hydrogens is 408 g/mol. The molecule has 0 unspecified atom stereocenters. The number of carbonyl (C=O) groups excluding carboxylic acids is 3. The number of nitrogens with one attached hydrogen (secondary N) is 2. The zero-order valence-electron chi connectivity index (χ0n) is 15.0. The number of hydrogen-bond donors (Lipinski definition) is 2. The number of anilines is 2. The first-order valence-electron chi connectivity index (χ1n) is 7.90. The SMILES string of the molecule is CC(=O)Nc1ccc(NC(=O)COC(=O)c2cc(S(C)(=O)=O)ccc2Cl)cc1. The minimum Gasteiger partial charge on any atom is -0.452 e. The molecule has 0 saturated heterocycles. The first-order chi connectivity index (χ1) is 13.1. The second-order valence-electron chi connectivity index (χ2n) is 5.80. The predicted molar refractivity (Wildman–Crippen MR) is 104 cm³/mol. The van der Waals surface area contributed by atoms with Crippen molar-refractivity contribution in [3.05, 3.63) is 53.1 Å². The van der Waals surface area contributed by atoms with Gasteiger partial charge >= 0.3 is 5.97 Å². The molecular formula is C18H17ClN2O6S. The van der Waals surface area contributed by atoms with E-state index in [2.05, 4.69) is 10.6 Å². The molecule has 0 bridgehead atoms. The quantitative estimate of drug-likeness (QED) is 0.687. The molecule has 2 aromatic rings. The summed E-state index contributed by atoms with van der Waals surface area (Å²) in [7, 11) is -3.53. The normalized spacial score (nSPS) is 10.8. The Bertz CT molecular complexity index is 1020. The maximum Gasteiger partial charge on any atom is 0.340 e. The highest BCUT2D eigenvalue weighted by Crippen LogP contribution is 2.21. The number of hydrogen-bond acceptors (Lipinski definition) is 6. The van der Waals surface area contributed by atoms with Crippen LogP contribution < -0.4 is 10.6 Å². The molecule has 0 radical (unpaired) electrons. The fourth-order valence-corrected chi connectivity index (χ4v) is 2.98. The van der Waals surface area contributed by atoms with Gasteiger partial charge in [0.1, 0.15) is 0 Å². The lowest BCUT2D eigenvalue weighted by atomic mass is 10.2. The number of rotatable bonds is 6.